The lowest BCUT2D eigenvalue weighted by molar-refractivity contribution is -0.135. The van der Waals surface area contributed by atoms with Gasteiger partial charge in [0.25, 0.3) is 0 Å². The zero-order valence-electron chi connectivity index (χ0n) is 13.3. The molecule has 0 N–H and O–H groups in total. The first-order valence-corrected chi connectivity index (χ1v) is 8.03. The van der Waals surface area contributed by atoms with E-state index in [1.807, 2.05) is 6.92 Å². The van der Waals surface area contributed by atoms with E-state index in [0.717, 1.165) is 12.8 Å². The molecule has 1 unspecified atom stereocenters. The third-order valence-electron chi connectivity index (χ3n) is 4.65. The number of hydrogen-bond acceptors (Lipinski definition) is 2. The van der Waals surface area contributed by atoms with E-state index in [-0.39, 0.29) is 24.2 Å². The van der Waals surface area contributed by atoms with Crippen LogP contribution in [0.25, 0.3) is 0 Å². The lowest BCUT2D eigenvalue weighted by Crippen LogP contribution is -2.38. The van der Waals surface area contributed by atoms with Crippen molar-refractivity contribution in [2.24, 2.45) is 11.8 Å². The molecular formula is C18H24FNO2. The van der Waals surface area contributed by atoms with Gasteiger partial charge in [-0.25, -0.2) is 4.39 Å². The molecule has 0 radical (unpaired) electrons. The maximum Gasteiger partial charge on any atom is 0.225 e. The van der Waals surface area contributed by atoms with E-state index in [9.17, 15) is 14.0 Å². The molecule has 2 rings (SSSR count). The number of nitrogens with zero attached hydrogens (tertiary/aromatic N) is 1. The maximum absolute atomic E-state index is 13.2. The minimum absolute atomic E-state index is 0.000648. The number of carbonyl (C=O) groups is 2. The van der Waals surface area contributed by atoms with E-state index >= 15 is 0 Å². The molecule has 1 saturated carbocycles. The summed E-state index contributed by atoms with van der Waals surface area (Å²) >= 11 is 0. The van der Waals surface area contributed by atoms with Gasteiger partial charge in [-0.15, -0.1) is 0 Å². The third-order valence-corrected chi connectivity index (χ3v) is 4.65. The van der Waals surface area contributed by atoms with E-state index in [4.69, 9.17) is 0 Å². The van der Waals surface area contributed by atoms with Gasteiger partial charge in [0.1, 0.15) is 5.82 Å². The van der Waals surface area contributed by atoms with Crippen LogP contribution in [0.3, 0.4) is 0 Å². The second-order valence-electron chi connectivity index (χ2n) is 6.31. The number of benzene rings is 1. The fourth-order valence-electron chi connectivity index (χ4n) is 3.23. The Morgan fingerprint density at radius 2 is 1.95 bits per heavy atom. The number of amides is 1. The molecule has 0 aliphatic heterocycles. The van der Waals surface area contributed by atoms with Crippen molar-refractivity contribution in [3.63, 3.8) is 0 Å². The summed E-state index contributed by atoms with van der Waals surface area (Å²) in [7, 11) is 1.65. The summed E-state index contributed by atoms with van der Waals surface area (Å²) < 4.78 is 13.2. The van der Waals surface area contributed by atoms with Gasteiger partial charge in [-0.05, 0) is 30.9 Å². The molecule has 1 amide bonds. The molecule has 1 fully saturated rings. The molecule has 3 nitrogen and oxygen atoms in total. The summed E-state index contributed by atoms with van der Waals surface area (Å²) in [5, 5.41) is 0. The number of Topliss-reactive ketones (excluding diaryl/α,β-unsaturated/α-hetero) is 1. The van der Waals surface area contributed by atoms with Crippen LogP contribution in [0.5, 0.6) is 0 Å². The summed E-state index contributed by atoms with van der Waals surface area (Å²) in [6.45, 7) is 1.96. The number of rotatable bonds is 5. The van der Waals surface area contributed by atoms with Crippen LogP contribution < -0.4 is 0 Å². The van der Waals surface area contributed by atoms with Crippen LogP contribution in [0.1, 0.15) is 49.4 Å². The van der Waals surface area contributed by atoms with E-state index < -0.39 is 5.82 Å². The number of carbonyl (C=O) groups excluding carboxylic acids is 2. The Hall–Kier alpha value is -1.71. The minimum Gasteiger partial charge on any atom is -0.338 e. The monoisotopic (exact) mass is 305 g/mol. The van der Waals surface area contributed by atoms with Crippen LogP contribution in [-0.2, 0) is 4.79 Å². The zero-order valence-corrected chi connectivity index (χ0v) is 13.3. The van der Waals surface area contributed by atoms with Gasteiger partial charge in [0.15, 0.2) is 5.78 Å². The van der Waals surface area contributed by atoms with Crippen LogP contribution in [0.15, 0.2) is 24.3 Å². The minimum atomic E-state index is -0.435. The molecule has 0 saturated heterocycles. The normalized spacial score (nSPS) is 17.0. The van der Waals surface area contributed by atoms with Crippen molar-refractivity contribution in [2.75, 3.05) is 13.6 Å². The smallest absolute Gasteiger partial charge is 0.225 e. The highest BCUT2D eigenvalue weighted by molar-refractivity contribution is 5.99. The maximum atomic E-state index is 13.2. The van der Waals surface area contributed by atoms with E-state index in [0.29, 0.717) is 11.5 Å². The average Bonchev–Trinajstić information content (AvgIpc) is 2.54. The van der Waals surface area contributed by atoms with E-state index in [1.165, 1.54) is 42.4 Å². The van der Waals surface area contributed by atoms with Crippen molar-refractivity contribution in [3.8, 4) is 0 Å². The van der Waals surface area contributed by atoms with Crippen LogP contribution in [0, 0.1) is 17.7 Å². The van der Waals surface area contributed by atoms with Gasteiger partial charge in [-0.1, -0.05) is 38.3 Å². The van der Waals surface area contributed by atoms with Gasteiger partial charge >= 0.3 is 0 Å². The molecule has 22 heavy (non-hydrogen) atoms. The molecular weight excluding hydrogens is 281 g/mol. The fourth-order valence-corrected chi connectivity index (χ4v) is 3.23. The highest BCUT2D eigenvalue weighted by atomic mass is 19.1. The van der Waals surface area contributed by atoms with E-state index in [2.05, 4.69) is 0 Å². The molecule has 4 heteroatoms. The Kier molecular flexibility index (Phi) is 5.69. The highest BCUT2D eigenvalue weighted by Gasteiger charge is 2.28. The van der Waals surface area contributed by atoms with Gasteiger partial charge in [-0.3, -0.25) is 9.59 Å². The molecule has 1 atom stereocenters. The van der Waals surface area contributed by atoms with Crippen molar-refractivity contribution in [2.45, 2.75) is 39.0 Å². The number of halogens is 1. The lowest BCUT2D eigenvalue weighted by atomic mass is 9.80. The van der Waals surface area contributed by atoms with Crippen molar-refractivity contribution in [1.82, 2.24) is 4.90 Å². The second-order valence-corrected chi connectivity index (χ2v) is 6.31. The topological polar surface area (TPSA) is 37.4 Å². The molecule has 1 aliphatic rings. The van der Waals surface area contributed by atoms with Gasteiger partial charge in [0.2, 0.25) is 5.91 Å². The summed E-state index contributed by atoms with van der Waals surface area (Å²) in [4.78, 5) is 26.1. The van der Waals surface area contributed by atoms with Gasteiger partial charge in [0, 0.05) is 18.5 Å². The standard InChI is InChI=1S/C18H24FNO2/c1-13(14-7-4-3-5-8-14)18(22)20(2)12-17(21)15-9-6-10-16(19)11-15/h6,9-11,13-14H,3-5,7-8,12H2,1-2H3. The van der Waals surface area contributed by atoms with Crippen LogP contribution in [-0.4, -0.2) is 30.2 Å². The van der Waals surface area contributed by atoms with Crippen molar-refractivity contribution >= 4 is 11.7 Å². The largest absolute Gasteiger partial charge is 0.338 e. The Labute approximate surface area is 131 Å². The summed E-state index contributed by atoms with van der Waals surface area (Å²) in [5.41, 5.74) is 0.310. The first kappa shape index (κ1) is 16.7. The summed E-state index contributed by atoms with van der Waals surface area (Å²) in [6, 6.07) is 5.60. The van der Waals surface area contributed by atoms with Gasteiger partial charge in [-0.2, -0.15) is 0 Å². The molecule has 1 aromatic carbocycles. The molecule has 0 aromatic heterocycles. The van der Waals surface area contributed by atoms with Gasteiger partial charge in [0.05, 0.1) is 6.54 Å². The first-order chi connectivity index (χ1) is 10.5. The number of hydrogen-bond donors (Lipinski definition) is 0. The van der Waals surface area contributed by atoms with Crippen LogP contribution >= 0.6 is 0 Å². The summed E-state index contributed by atoms with van der Waals surface area (Å²) in [6.07, 6.45) is 5.82. The van der Waals surface area contributed by atoms with Crippen LogP contribution in [0.2, 0.25) is 0 Å². The third kappa shape index (κ3) is 4.15. The van der Waals surface area contributed by atoms with E-state index in [1.54, 1.807) is 13.1 Å². The number of likely N-dealkylation sites (N-methyl/N-ethyl adjacent to an activating group) is 1. The molecule has 1 aromatic rings. The first-order valence-electron chi connectivity index (χ1n) is 8.03. The lowest BCUT2D eigenvalue weighted by Gasteiger charge is -2.29. The predicted octanol–water partition coefficient (Wildman–Crippen LogP) is 3.68. The SMILES string of the molecule is CC(C(=O)N(C)CC(=O)c1cccc(F)c1)C1CCCCC1. The van der Waals surface area contributed by atoms with Crippen molar-refractivity contribution < 1.29 is 14.0 Å². The Morgan fingerprint density at radius 3 is 2.59 bits per heavy atom. The highest BCUT2D eigenvalue weighted by Crippen LogP contribution is 2.30. The predicted molar refractivity (Wildman–Crippen MR) is 84.1 cm³/mol. The van der Waals surface area contributed by atoms with Crippen LogP contribution in [0.4, 0.5) is 4.39 Å². The average molecular weight is 305 g/mol. The van der Waals surface area contributed by atoms with Crippen molar-refractivity contribution in [1.29, 1.82) is 0 Å². The van der Waals surface area contributed by atoms with Gasteiger partial charge < -0.3 is 4.90 Å². The zero-order chi connectivity index (χ0) is 16.1. The number of ketones is 1. The molecule has 0 spiro atoms. The Morgan fingerprint density at radius 1 is 1.27 bits per heavy atom. The molecule has 0 heterocycles. The quantitative estimate of drug-likeness (QED) is 0.778. The second kappa shape index (κ2) is 7.52. The summed E-state index contributed by atoms with van der Waals surface area (Å²) in [5.74, 6) is -0.281. The molecule has 1 aliphatic carbocycles. The molecule has 120 valence electrons. The fraction of sp³-hybridized carbons (Fsp3) is 0.556. The Balaban J connectivity index is 1.94. The Bertz CT molecular complexity index is 538. The molecule has 0 bridgehead atoms. The van der Waals surface area contributed by atoms with Crippen molar-refractivity contribution in [3.05, 3.63) is 35.6 Å².